The highest BCUT2D eigenvalue weighted by molar-refractivity contribution is 5.82. The molecule has 0 unspecified atom stereocenters. The molecule has 0 rings (SSSR count). The fourth-order valence-electron chi connectivity index (χ4n) is 1.25. The third-order valence-corrected chi connectivity index (χ3v) is 1.98. The average Bonchev–Trinajstić information content (AvgIpc) is 2.12. The van der Waals surface area contributed by atoms with E-state index in [4.69, 9.17) is 10.2 Å². The summed E-state index contributed by atoms with van der Waals surface area (Å²) in [6, 6.07) is -1.66. The van der Waals surface area contributed by atoms with Crippen molar-refractivity contribution >= 4 is 18.0 Å². The fourth-order valence-corrected chi connectivity index (χ4v) is 1.25. The number of urea groups is 1. The molecular weight excluding hydrogens is 240 g/mol. The number of amides is 2. The molecule has 0 bridgehead atoms. The second-order valence-electron chi connectivity index (χ2n) is 5.03. The molecule has 1 atom stereocenters. The topological polar surface area (TPSA) is 116 Å². The van der Waals surface area contributed by atoms with Crippen LogP contribution in [0.5, 0.6) is 0 Å². The standard InChI is InChI=1S/C11H20N2O5/c1-11(2,3)13-10(18)12-7(9(16)17)5-4-6-8(14)15/h7H,4-6H2,1-3H3,(H,14,15)(H,16,17)(H2,12,13,18)/t7-/m1/s1. The lowest BCUT2D eigenvalue weighted by Gasteiger charge is -2.22. The summed E-state index contributed by atoms with van der Waals surface area (Å²) in [4.78, 5) is 32.7. The lowest BCUT2D eigenvalue weighted by molar-refractivity contribution is -0.140. The van der Waals surface area contributed by atoms with Gasteiger partial charge in [0.1, 0.15) is 6.04 Å². The molecule has 7 nitrogen and oxygen atoms in total. The molecule has 104 valence electrons. The van der Waals surface area contributed by atoms with Gasteiger partial charge in [0, 0.05) is 12.0 Å². The largest absolute Gasteiger partial charge is 0.481 e. The molecule has 0 radical (unpaired) electrons. The Kier molecular flexibility index (Phi) is 6.15. The molecule has 0 fully saturated rings. The molecule has 0 saturated carbocycles. The van der Waals surface area contributed by atoms with Gasteiger partial charge in [0.25, 0.3) is 0 Å². The van der Waals surface area contributed by atoms with Crippen LogP contribution in [-0.2, 0) is 9.59 Å². The maximum Gasteiger partial charge on any atom is 0.326 e. The third-order valence-electron chi connectivity index (χ3n) is 1.98. The summed E-state index contributed by atoms with van der Waals surface area (Å²) >= 11 is 0. The van der Waals surface area contributed by atoms with Crippen LogP contribution in [0.15, 0.2) is 0 Å². The lowest BCUT2D eigenvalue weighted by atomic mass is 10.1. The zero-order chi connectivity index (χ0) is 14.3. The van der Waals surface area contributed by atoms with Crippen LogP contribution in [-0.4, -0.2) is 39.8 Å². The summed E-state index contributed by atoms with van der Waals surface area (Å²) in [5.74, 6) is -2.16. The minimum Gasteiger partial charge on any atom is -0.481 e. The Labute approximate surface area is 106 Å². The van der Waals surface area contributed by atoms with E-state index in [1.807, 2.05) is 0 Å². The highest BCUT2D eigenvalue weighted by Gasteiger charge is 2.22. The first-order valence-electron chi connectivity index (χ1n) is 5.65. The minimum atomic E-state index is -1.18. The van der Waals surface area contributed by atoms with Crippen LogP contribution >= 0.6 is 0 Å². The number of aliphatic carboxylic acids is 2. The van der Waals surface area contributed by atoms with E-state index in [0.29, 0.717) is 0 Å². The SMILES string of the molecule is CC(C)(C)NC(=O)N[C@H](CCCC(=O)O)C(=O)O. The molecule has 0 aliphatic heterocycles. The van der Waals surface area contributed by atoms with Crippen molar-refractivity contribution in [1.82, 2.24) is 10.6 Å². The zero-order valence-corrected chi connectivity index (χ0v) is 10.8. The molecule has 18 heavy (non-hydrogen) atoms. The zero-order valence-electron chi connectivity index (χ0n) is 10.8. The summed E-state index contributed by atoms with van der Waals surface area (Å²) < 4.78 is 0. The molecule has 0 aromatic rings. The Morgan fingerprint density at radius 2 is 1.72 bits per heavy atom. The van der Waals surface area contributed by atoms with Crippen LogP contribution in [0.25, 0.3) is 0 Å². The van der Waals surface area contributed by atoms with Gasteiger partial charge in [0.2, 0.25) is 0 Å². The molecular formula is C11H20N2O5. The van der Waals surface area contributed by atoms with Crippen LogP contribution in [0, 0.1) is 0 Å². The minimum absolute atomic E-state index is 0.0825. The summed E-state index contributed by atoms with van der Waals surface area (Å²) in [5, 5.41) is 22.2. The maximum absolute atomic E-state index is 11.5. The van der Waals surface area contributed by atoms with Gasteiger partial charge in [-0.05, 0) is 33.6 Å². The maximum atomic E-state index is 11.5. The summed E-state index contributed by atoms with van der Waals surface area (Å²) in [7, 11) is 0. The van der Waals surface area contributed by atoms with Crippen molar-refractivity contribution in [2.75, 3.05) is 0 Å². The van der Waals surface area contributed by atoms with Gasteiger partial charge in [-0.3, -0.25) is 4.79 Å². The van der Waals surface area contributed by atoms with Crippen LogP contribution in [0.2, 0.25) is 0 Å². The smallest absolute Gasteiger partial charge is 0.326 e. The third kappa shape index (κ3) is 8.37. The van der Waals surface area contributed by atoms with Gasteiger partial charge in [0.05, 0.1) is 0 Å². The molecule has 0 spiro atoms. The molecule has 0 aliphatic rings. The van der Waals surface area contributed by atoms with Crippen molar-refractivity contribution in [2.45, 2.75) is 51.6 Å². The van der Waals surface area contributed by atoms with E-state index >= 15 is 0 Å². The predicted molar refractivity (Wildman–Crippen MR) is 64.3 cm³/mol. The van der Waals surface area contributed by atoms with Gasteiger partial charge in [0.15, 0.2) is 0 Å². The van der Waals surface area contributed by atoms with Gasteiger partial charge in [-0.25, -0.2) is 9.59 Å². The first kappa shape index (κ1) is 16.2. The van der Waals surface area contributed by atoms with Crippen LogP contribution in [0.1, 0.15) is 40.0 Å². The second kappa shape index (κ2) is 6.83. The molecule has 7 heteroatoms. The van der Waals surface area contributed by atoms with E-state index in [0.717, 1.165) is 0 Å². The van der Waals surface area contributed by atoms with E-state index in [1.165, 1.54) is 0 Å². The van der Waals surface area contributed by atoms with Crippen molar-refractivity contribution in [2.24, 2.45) is 0 Å². The number of hydrogen-bond acceptors (Lipinski definition) is 3. The number of nitrogens with one attached hydrogen (secondary N) is 2. The first-order chi connectivity index (χ1) is 8.11. The molecule has 2 amide bonds. The molecule has 0 saturated heterocycles. The Morgan fingerprint density at radius 1 is 1.17 bits per heavy atom. The Balaban J connectivity index is 4.23. The number of carboxylic acid groups (broad SMARTS) is 2. The fraction of sp³-hybridized carbons (Fsp3) is 0.727. The van der Waals surface area contributed by atoms with Gasteiger partial charge >= 0.3 is 18.0 Å². The van der Waals surface area contributed by atoms with E-state index < -0.39 is 29.6 Å². The monoisotopic (exact) mass is 260 g/mol. The van der Waals surface area contributed by atoms with Crippen molar-refractivity contribution in [3.05, 3.63) is 0 Å². The second-order valence-corrected chi connectivity index (χ2v) is 5.03. The molecule has 0 aromatic carbocycles. The summed E-state index contributed by atoms with van der Waals surface area (Å²) in [6.07, 6.45) is 0.160. The van der Waals surface area contributed by atoms with Gasteiger partial charge in [-0.2, -0.15) is 0 Å². The van der Waals surface area contributed by atoms with E-state index in [1.54, 1.807) is 20.8 Å². The number of carboxylic acids is 2. The summed E-state index contributed by atoms with van der Waals surface area (Å²) in [6.45, 7) is 5.31. The quantitative estimate of drug-likeness (QED) is 0.563. The Bertz CT molecular complexity index is 322. The predicted octanol–water partition coefficient (Wildman–Crippen LogP) is 0.792. The Hall–Kier alpha value is -1.79. The number of hydrogen-bond donors (Lipinski definition) is 4. The van der Waals surface area contributed by atoms with Gasteiger partial charge < -0.3 is 20.8 Å². The van der Waals surface area contributed by atoms with Gasteiger partial charge in [-0.15, -0.1) is 0 Å². The van der Waals surface area contributed by atoms with Crippen LogP contribution in [0.3, 0.4) is 0 Å². The van der Waals surface area contributed by atoms with Crippen LogP contribution < -0.4 is 10.6 Å². The van der Waals surface area contributed by atoms with Crippen molar-refractivity contribution in [1.29, 1.82) is 0 Å². The van der Waals surface area contributed by atoms with E-state index in [-0.39, 0.29) is 19.3 Å². The molecule has 4 N–H and O–H groups in total. The number of carbonyl (C=O) groups is 3. The Morgan fingerprint density at radius 3 is 2.11 bits per heavy atom. The number of rotatable bonds is 6. The molecule has 0 aliphatic carbocycles. The summed E-state index contributed by atoms with van der Waals surface area (Å²) in [5.41, 5.74) is -0.464. The average molecular weight is 260 g/mol. The lowest BCUT2D eigenvalue weighted by Crippen LogP contribution is -2.51. The van der Waals surface area contributed by atoms with E-state index in [2.05, 4.69) is 10.6 Å². The highest BCUT2D eigenvalue weighted by Crippen LogP contribution is 2.03. The van der Waals surface area contributed by atoms with Crippen molar-refractivity contribution < 1.29 is 24.6 Å². The first-order valence-corrected chi connectivity index (χ1v) is 5.65. The molecule has 0 heterocycles. The normalized spacial score (nSPS) is 12.6. The van der Waals surface area contributed by atoms with Crippen molar-refractivity contribution in [3.8, 4) is 0 Å². The number of carbonyl (C=O) groups excluding carboxylic acids is 1. The van der Waals surface area contributed by atoms with E-state index in [9.17, 15) is 14.4 Å². The van der Waals surface area contributed by atoms with Gasteiger partial charge in [-0.1, -0.05) is 0 Å². The highest BCUT2D eigenvalue weighted by atomic mass is 16.4. The van der Waals surface area contributed by atoms with Crippen molar-refractivity contribution in [3.63, 3.8) is 0 Å². The van der Waals surface area contributed by atoms with Crippen LogP contribution in [0.4, 0.5) is 4.79 Å². The molecule has 0 aromatic heterocycles.